The van der Waals surface area contributed by atoms with Crippen molar-refractivity contribution in [1.29, 1.82) is 0 Å². The van der Waals surface area contributed by atoms with Crippen molar-refractivity contribution in [3.05, 3.63) is 27.7 Å². The van der Waals surface area contributed by atoms with Gasteiger partial charge in [0.25, 0.3) is 0 Å². The summed E-state index contributed by atoms with van der Waals surface area (Å²) in [6, 6.07) is 4.67. The van der Waals surface area contributed by atoms with Crippen LogP contribution in [0.3, 0.4) is 0 Å². The Morgan fingerprint density at radius 3 is 2.80 bits per heavy atom. The number of carbonyl (C=O) groups is 1. The molecule has 0 aliphatic heterocycles. The Morgan fingerprint density at radius 2 is 2.33 bits per heavy atom. The highest BCUT2D eigenvalue weighted by molar-refractivity contribution is 9.10. The lowest BCUT2D eigenvalue weighted by molar-refractivity contribution is -0.137. The number of hydrogen-bond donors (Lipinski definition) is 2. The Hall–Kier alpha value is -0.740. The molecule has 0 fully saturated rings. The molecule has 1 aromatic rings. The Morgan fingerprint density at radius 1 is 1.67 bits per heavy atom. The molecule has 1 aromatic carbocycles. The van der Waals surface area contributed by atoms with Crippen LogP contribution in [0, 0.1) is 0 Å². The van der Waals surface area contributed by atoms with Crippen molar-refractivity contribution in [3.8, 4) is 0 Å². The van der Waals surface area contributed by atoms with E-state index in [9.17, 15) is 4.79 Å². The second-order valence-electron chi connectivity index (χ2n) is 3.07. The van der Waals surface area contributed by atoms with Crippen molar-refractivity contribution in [1.82, 2.24) is 0 Å². The van der Waals surface area contributed by atoms with E-state index in [2.05, 4.69) is 21.2 Å². The molecule has 0 radical (unpaired) electrons. The summed E-state index contributed by atoms with van der Waals surface area (Å²) in [4.78, 5) is 10.8. The fourth-order valence-corrected chi connectivity index (χ4v) is 1.55. The largest absolute Gasteiger partial charge is 0.480 e. The lowest BCUT2D eigenvalue weighted by Gasteiger charge is -2.13. The molecule has 15 heavy (non-hydrogen) atoms. The van der Waals surface area contributed by atoms with Crippen LogP contribution in [-0.4, -0.2) is 17.1 Å². The zero-order valence-corrected chi connectivity index (χ0v) is 10.5. The molecule has 1 rings (SSSR count). The summed E-state index contributed by atoms with van der Waals surface area (Å²) in [6.45, 7) is 1.81. The van der Waals surface area contributed by atoms with Gasteiger partial charge in [0.1, 0.15) is 6.04 Å². The van der Waals surface area contributed by atoms with Crippen molar-refractivity contribution in [2.75, 3.05) is 5.32 Å². The van der Waals surface area contributed by atoms with Crippen LogP contribution in [0.1, 0.15) is 13.3 Å². The molecule has 0 aliphatic rings. The predicted molar refractivity (Wildman–Crippen MR) is 64.5 cm³/mol. The average Bonchev–Trinajstić information content (AvgIpc) is 2.19. The lowest BCUT2D eigenvalue weighted by Crippen LogP contribution is -2.28. The molecular weight excluding hydrogens is 281 g/mol. The van der Waals surface area contributed by atoms with Gasteiger partial charge in [-0.2, -0.15) is 0 Å². The highest BCUT2D eigenvalue weighted by Crippen LogP contribution is 2.25. The minimum atomic E-state index is -0.864. The molecule has 5 heteroatoms. The van der Waals surface area contributed by atoms with Crippen LogP contribution in [0.5, 0.6) is 0 Å². The summed E-state index contributed by atoms with van der Waals surface area (Å²) in [5, 5.41) is 12.3. The maximum absolute atomic E-state index is 10.8. The first-order valence-electron chi connectivity index (χ1n) is 4.49. The van der Waals surface area contributed by atoms with Crippen molar-refractivity contribution >= 4 is 39.2 Å². The van der Waals surface area contributed by atoms with Gasteiger partial charge in [-0.05, 0) is 40.5 Å². The Balaban J connectivity index is 2.80. The third kappa shape index (κ3) is 3.39. The van der Waals surface area contributed by atoms with Gasteiger partial charge in [-0.3, -0.25) is 0 Å². The number of anilines is 1. The highest BCUT2D eigenvalue weighted by atomic mass is 79.9. The molecule has 1 atom stereocenters. The number of carboxylic acids is 1. The van der Waals surface area contributed by atoms with Gasteiger partial charge < -0.3 is 10.4 Å². The molecule has 3 nitrogen and oxygen atoms in total. The van der Waals surface area contributed by atoms with Gasteiger partial charge in [0.2, 0.25) is 0 Å². The maximum atomic E-state index is 10.8. The number of nitrogens with one attached hydrogen (secondary N) is 1. The first kappa shape index (κ1) is 12.3. The number of aliphatic carboxylic acids is 1. The molecule has 0 saturated carbocycles. The predicted octanol–water partition coefficient (Wildman–Crippen LogP) is 3.38. The first-order valence-corrected chi connectivity index (χ1v) is 5.66. The average molecular weight is 293 g/mol. The van der Waals surface area contributed by atoms with Gasteiger partial charge in [-0.15, -0.1) is 0 Å². The summed E-state index contributed by atoms with van der Waals surface area (Å²) in [5.41, 5.74) is 0.706. The van der Waals surface area contributed by atoms with Crippen LogP contribution < -0.4 is 5.32 Å². The van der Waals surface area contributed by atoms with Gasteiger partial charge in [0.15, 0.2) is 0 Å². The van der Waals surface area contributed by atoms with E-state index in [1.54, 1.807) is 18.2 Å². The molecular formula is C10H11BrClNO2. The van der Waals surface area contributed by atoms with E-state index in [1.165, 1.54) is 0 Å². The molecule has 0 amide bonds. The summed E-state index contributed by atoms with van der Waals surface area (Å²) in [5.74, 6) is -0.864. The third-order valence-electron chi connectivity index (χ3n) is 1.97. The van der Waals surface area contributed by atoms with Crippen molar-refractivity contribution in [2.45, 2.75) is 19.4 Å². The smallest absolute Gasteiger partial charge is 0.326 e. The fourth-order valence-electron chi connectivity index (χ4n) is 1.13. The number of benzene rings is 1. The van der Waals surface area contributed by atoms with Gasteiger partial charge >= 0.3 is 5.97 Å². The van der Waals surface area contributed by atoms with Crippen molar-refractivity contribution < 1.29 is 9.90 Å². The fraction of sp³-hybridized carbons (Fsp3) is 0.300. The Labute approximate surface area is 102 Å². The second kappa shape index (κ2) is 5.37. The summed E-state index contributed by atoms with van der Waals surface area (Å²) < 4.78 is 0.790. The number of carboxylic acid groups (broad SMARTS) is 1. The molecule has 2 N–H and O–H groups in total. The van der Waals surface area contributed by atoms with Crippen LogP contribution in [0.15, 0.2) is 22.7 Å². The highest BCUT2D eigenvalue weighted by Gasteiger charge is 2.14. The van der Waals surface area contributed by atoms with E-state index >= 15 is 0 Å². The topological polar surface area (TPSA) is 49.3 Å². The Kier molecular flexibility index (Phi) is 4.42. The van der Waals surface area contributed by atoms with E-state index in [4.69, 9.17) is 16.7 Å². The van der Waals surface area contributed by atoms with Gasteiger partial charge in [0.05, 0.1) is 5.02 Å². The van der Waals surface area contributed by atoms with E-state index in [1.807, 2.05) is 6.92 Å². The normalized spacial score (nSPS) is 12.2. The van der Waals surface area contributed by atoms with Gasteiger partial charge in [-0.25, -0.2) is 4.79 Å². The quantitative estimate of drug-likeness (QED) is 0.894. The number of halogens is 2. The van der Waals surface area contributed by atoms with Crippen LogP contribution in [0.2, 0.25) is 5.02 Å². The SMILES string of the molecule is CCC(Nc1ccc(Br)c(Cl)c1)C(=O)O. The molecule has 0 heterocycles. The molecule has 0 aliphatic carbocycles. The molecule has 0 bridgehead atoms. The molecule has 0 spiro atoms. The van der Waals surface area contributed by atoms with E-state index < -0.39 is 12.0 Å². The number of rotatable bonds is 4. The van der Waals surface area contributed by atoms with Crippen molar-refractivity contribution in [2.24, 2.45) is 0 Å². The van der Waals surface area contributed by atoms with Crippen LogP contribution >= 0.6 is 27.5 Å². The lowest BCUT2D eigenvalue weighted by atomic mass is 10.2. The van der Waals surface area contributed by atoms with E-state index in [0.717, 1.165) is 4.47 Å². The van der Waals surface area contributed by atoms with Crippen LogP contribution in [0.25, 0.3) is 0 Å². The zero-order chi connectivity index (χ0) is 11.4. The van der Waals surface area contributed by atoms with Gasteiger partial charge in [0, 0.05) is 10.2 Å². The second-order valence-corrected chi connectivity index (χ2v) is 4.33. The van der Waals surface area contributed by atoms with Crippen LogP contribution in [0.4, 0.5) is 5.69 Å². The van der Waals surface area contributed by atoms with E-state index in [0.29, 0.717) is 17.1 Å². The monoisotopic (exact) mass is 291 g/mol. The first-order chi connectivity index (χ1) is 7.04. The minimum absolute atomic E-state index is 0.517. The van der Waals surface area contributed by atoms with E-state index in [-0.39, 0.29) is 0 Å². The third-order valence-corrected chi connectivity index (χ3v) is 3.20. The Bertz CT molecular complexity index is 370. The van der Waals surface area contributed by atoms with Gasteiger partial charge in [-0.1, -0.05) is 18.5 Å². The molecule has 0 aromatic heterocycles. The summed E-state index contributed by atoms with van der Waals surface area (Å²) >= 11 is 9.15. The van der Waals surface area contributed by atoms with Crippen molar-refractivity contribution in [3.63, 3.8) is 0 Å². The van der Waals surface area contributed by atoms with Crippen LogP contribution in [-0.2, 0) is 4.79 Å². The standard InChI is InChI=1S/C10H11BrClNO2/c1-2-9(10(14)15)13-6-3-4-7(11)8(12)5-6/h3-5,9,13H,2H2,1H3,(H,14,15). The molecule has 82 valence electrons. The summed E-state index contributed by atoms with van der Waals surface area (Å²) in [7, 11) is 0. The molecule has 0 saturated heterocycles. The summed E-state index contributed by atoms with van der Waals surface area (Å²) in [6.07, 6.45) is 0.517. The molecule has 1 unspecified atom stereocenters. The minimum Gasteiger partial charge on any atom is -0.480 e. The zero-order valence-electron chi connectivity index (χ0n) is 8.13. The maximum Gasteiger partial charge on any atom is 0.326 e. The number of hydrogen-bond acceptors (Lipinski definition) is 2.